The summed E-state index contributed by atoms with van der Waals surface area (Å²) in [6, 6.07) is 5.98. The minimum absolute atomic E-state index is 0. The SMILES string of the molecule is CCCCCCCCS(=O)(=O)Nc1ccccc1C(=O)C(=O)NC(CC)NC(=N)N.Cl. The third-order valence-electron chi connectivity index (χ3n) is 4.45. The van der Waals surface area contributed by atoms with Gasteiger partial charge in [-0.2, -0.15) is 0 Å². The summed E-state index contributed by atoms with van der Waals surface area (Å²) in [5.41, 5.74) is 5.28. The first-order chi connectivity index (χ1) is 14.2. The fraction of sp³-hybridized carbons (Fsp3) is 0.550. The molecule has 0 aliphatic heterocycles. The smallest absolute Gasteiger partial charge is 0.294 e. The second-order valence-electron chi connectivity index (χ2n) is 7.06. The van der Waals surface area contributed by atoms with Crippen LogP contribution >= 0.6 is 12.4 Å². The highest BCUT2D eigenvalue weighted by Gasteiger charge is 2.23. The van der Waals surface area contributed by atoms with E-state index < -0.39 is 27.9 Å². The van der Waals surface area contributed by atoms with Crippen LogP contribution < -0.4 is 21.1 Å². The van der Waals surface area contributed by atoms with Crippen LogP contribution in [0.4, 0.5) is 5.69 Å². The molecule has 1 aromatic rings. The number of benzene rings is 1. The molecule has 0 aliphatic carbocycles. The Morgan fingerprint density at radius 2 is 1.65 bits per heavy atom. The number of Topliss-reactive ketones (excluding diaryl/α,β-unsaturated/α-hetero) is 1. The maximum Gasteiger partial charge on any atom is 0.294 e. The van der Waals surface area contributed by atoms with Gasteiger partial charge in [0, 0.05) is 0 Å². The Morgan fingerprint density at radius 3 is 2.26 bits per heavy atom. The molecule has 0 aromatic heterocycles. The number of guanidine groups is 1. The predicted molar refractivity (Wildman–Crippen MR) is 126 cm³/mol. The van der Waals surface area contributed by atoms with Crippen LogP contribution in [0.5, 0.6) is 0 Å². The van der Waals surface area contributed by atoms with Crippen LogP contribution in [0.3, 0.4) is 0 Å². The lowest BCUT2D eigenvalue weighted by atomic mass is 10.1. The Kier molecular flexibility index (Phi) is 13.5. The van der Waals surface area contributed by atoms with Gasteiger partial charge in [-0.25, -0.2) is 8.42 Å². The van der Waals surface area contributed by atoms with E-state index in [-0.39, 0.29) is 35.4 Å². The highest BCUT2D eigenvalue weighted by atomic mass is 35.5. The minimum atomic E-state index is -3.64. The third kappa shape index (κ3) is 11.0. The van der Waals surface area contributed by atoms with Crippen molar-refractivity contribution in [2.75, 3.05) is 10.5 Å². The lowest BCUT2D eigenvalue weighted by Crippen LogP contribution is -2.51. The molecule has 0 saturated heterocycles. The van der Waals surface area contributed by atoms with Crippen LogP contribution in [0.1, 0.15) is 69.2 Å². The molecule has 1 rings (SSSR count). The van der Waals surface area contributed by atoms with E-state index >= 15 is 0 Å². The minimum Gasteiger partial charge on any atom is -0.370 e. The van der Waals surface area contributed by atoms with Gasteiger partial charge in [0.2, 0.25) is 10.0 Å². The van der Waals surface area contributed by atoms with E-state index in [1.165, 1.54) is 12.1 Å². The van der Waals surface area contributed by atoms with Crippen molar-refractivity contribution in [1.82, 2.24) is 10.6 Å². The second-order valence-corrected chi connectivity index (χ2v) is 8.90. The molecule has 1 amide bonds. The predicted octanol–water partition coefficient (Wildman–Crippen LogP) is 2.73. The van der Waals surface area contributed by atoms with Crippen molar-refractivity contribution in [3.05, 3.63) is 29.8 Å². The van der Waals surface area contributed by atoms with Gasteiger partial charge in [0.25, 0.3) is 11.7 Å². The van der Waals surface area contributed by atoms with Gasteiger partial charge in [0.05, 0.1) is 17.0 Å². The first-order valence-electron chi connectivity index (χ1n) is 10.3. The summed E-state index contributed by atoms with van der Waals surface area (Å²) in [5, 5.41) is 12.2. The third-order valence-corrected chi connectivity index (χ3v) is 5.81. The maximum absolute atomic E-state index is 12.6. The summed E-state index contributed by atoms with van der Waals surface area (Å²) in [6.07, 6.45) is 5.42. The van der Waals surface area contributed by atoms with E-state index in [0.29, 0.717) is 12.8 Å². The Bertz CT molecular complexity index is 833. The Labute approximate surface area is 190 Å². The number of hydrogen-bond acceptors (Lipinski definition) is 5. The molecule has 1 unspecified atom stereocenters. The Hall–Kier alpha value is -2.33. The van der Waals surface area contributed by atoms with Crippen molar-refractivity contribution in [1.29, 1.82) is 5.41 Å². The van der Waals surface area contributed by atoms with Crippen molar-refractivity contribution in [3.63, 3.8) is 0 Å². The van der Waals surface area contributed by atoms with Crippen molar-refractivity contribution in [2.24, 2.45) is 5.73 Å². The standard InChI is InChI=1S/C20H33N5O4S.ClH/c1-3-5-6-7-8-11-14-30(28,29)25-16-13-10-9-12-15(16)18(26)19(27)23-17(4-2)24-20(21)22;/h9-10,12-13,17,25H,3-8,11,14H2,1-2H3,(H,23,27)(H4,21,22,24);1H. The quantitative estimate of drug-likeness (QED) is 0.0695. The van der Waals surface area contributed by atoms with Gasteiger partial charge in [-0.15, -0.1) is 12.4 Å². The first-order valence-corrected chi connectivity index (χ1v) is 11.9. The maximum atomic E-state index is 12.6. The number of nitrogens with two attached hydrogens (primary N) is 1. The number of hydrogen-bond donors (Lipinski definition) is 5. The number of amides is 1. The average molecular weight is 476 g/mol. The van der Waals surface area contributed by atoms with Gasteiger partial charge in [0.15, 0.2) is 5.96 Å². The van der Waals surface area contributed by atoms with Crippen LogP contribution in [0.2, 0.25) is 0 Å². The molecule has 0 saturated carbocycles. The van der Waals surface area contributed by atoms with Crippen LogP contribution in [0.25, 0.3) is 0 Å². The Balaban J connectivity index is 0.00000900. The fourth-order valence-corrected chi connectivity index (χ4v) is 4.03. The highest BCUT2D eigenvalue weighted by Crippen LogP contribution is 2.18. The van der Waals surface area contributed by atoms with E-state index in [4.69, 9.17) is 11.1 Å². The van der Waals surface area contributed by atoms with Gasteiger partial charge in [-0.05, 0) is 25.0 Å². The molecule has 31 heavy (non-hydrogen) atoms. The second kappa shape index (κ2) is 14.6. The first kappa shape index (κ1) is 28.7. The van der Waals surface area contributed by atoms with Gasteiger partial charge in [-0.1, -0.05) is 58.1 Å². The lowest BCUT2D eigenvalue weighted by molar-refractivity contribution is -0.117. The molecule has 1 atom stereocenters. The van der Waals surface area contributed by atoms with Crippen molar-refractivity contribution >= 4 is 45.8 Å². The zero-order valence-electron chi connectivity index (χ0n) is 18.1. The number of carbonyl (C=O) groups excluding carboxylic acids is 2. The summed E-state index contributed by atoms with van der Waals surface area (Å²) in [7, 11) is -3.64. The number of para-hydroxylation sites is 1. The highest BCUT2D eigenvalue weighted by molar-refractivity contribution is 7.92. The number of sulfonamides is 1. The van der Waals surface area contributed by atoms with E-state index in [1.54, 1.807) is 19.1 Å². The van der Waals surface area contributed by atoms with Crippen LogP contribution in [0, 0.1) is 5.41 Å². The zero-order chi connectivity index (χ0) is 22.6. The van der Waals surface area contributed by atoms with E-state index in [1.807, 2.05) is 0 Å². The Morgan fingerprint density at radius 1 is 1.03 bits per heavy atom. The topological polar surface area (TPSA) is 154 Å². The van der Waals surface area contributed by atoms with Gasteiger partial charge >= 0.3 is 0 Å². The number of anilines is 1. The molecule has 176 valence electrons. The van der Waals surface area contributed by atoms with Crippen molar-refractivity contribution in [2.45, 2.75) is 65.0 Å². The molecular weight excluding hydrogens is 442 g/mol. The van der Waals surface area contributed by atoms with Crippen molar-refractivity contribution in [3.8, 4) is 0 Å². The number of ketones is 1. The molecule has 0 bridgehead atoms. The number of rotatable bonds is 14. The average Bonchev–Trinajstić information content (AvgIpc) is 2.69. The lowest BCUT2D eigenvalue weighted by Gasteiger charge is -2.18. The molecule has 0 aliphatic rings. The van der Waals surface area contributed by atoms with Crippen LogP contribution in [0.15, 0.2) is 24.3 Å². The molecule has 0 fully saturated rings. The van der Waals surface area contributed by atoms with Gasteiger partial charge in [-0.3, -0.25) is 19.7 Å². The summed E-state index contributed by atoms with van der Waals surface area (Å²) in [6.45, 7) is 3.87. The largest absolute Gasteiger partial charge is 0.370 e. The molecule has 6 N–H and O–H groups in total. The van der Waals surface area contributed by atoms with E-state index in [0.717, 1.165) is 32.1 Å². The molecule has 0 heterocycles. The van der Waals surface area contributed by atoms with Crippen LogP contribution in [-0.2, 0) is 14.8 Å². The van der Waals surface area contributed by atoms with Crippen LogP contribution in [-0.4, -0.2) is 38.0 Å². The molecule has 0 spiro atoms. The number of nitrogens with one attached hydrogen (secondary N) is 4. The van der Waals surface area contributed by atoms with E-state index in [2.05, 4.69) is 22.3 Å². The normalized spacial score (nSPS) is 11.7. The summed E-state index contributed by atoms with van der Waals surface area (Å²) >= 11 is 0. The molecular formula is C20H34ClN5O4S. The number of halogens is 1. The fourth-order valence-electron chi connectivity index (χ4n) is 2.84. The summed E-state index contributed by atoms with van der Waals surface area (Å²) < 4.78 is 27.2. The summed E-state index contributed by atoms with van der Waals surface area (Å²) in [5.74, 6) is -2.18. The molecule has 1 aromatic carbocycles. The van der Waals surface area contributed by atoms with Crippen molar-refractivity contribution < 1.29 is 18.0 Å². The van der Waals surface area contributed by atoms with Gasteiger partial charge in [0.1, 0.15) is 6.17 Å². The summed E-state index contributed by atoms with van der Waals surface area (Å²) in [4.78, 5) is 24.9. The van der Waals surface area contributed by atoms with Gasteiger partial charge < -0.3 is 16.4 Å². The monoisotopic (exact) mass is 475 g/mol. The molecule has 0 radical (unpaired) electrons. The zero-order valence-corrected chi connectivity index (χ0v) is 19.7. The van der Waals surface area contributed by atoms with E-state index in [9.17, 15) is 18.0 Å². The molecule has 11 heteroatoms. The molecule has 9 nitrogen and oxygen atoms in total. The number of carbonyl (C=O) groups is 2. The number of unbranched alkanes of at least 4 members (excludes halogenated alkanes) is 5.